The van der Waals surface area contributed by atoms with Gasteiger partial charge in [0.15, 0.2) is 5.78 Å². The van der Waals surface area contributed by atoms with Crippen molar-refractivity contribution in [2.75, 3.05) is 13.2 Å². The van der Waals surface area contributed by atoms with Gasteiger partial charge in [0.05, 0.1) is 5.60 Å². The molecule has 0 bridgehead atoms. The predicted octanol–water partition coefficient (Wildman–Crippen LogP) is 2.86. The lowest BCUT2D eigenvalue weighted by atomic mass is 9.70. The molecule has 21 heavy (non-hydrogen) atoms. The Morgan fingerprint density at radius 1 is 1.33 bits per heavy atom. The summed E-state index contributed by atoms with van der Waals surface area (Å²) in [5, 5.41) is 3.39. The lowest BCUT2D eigenvalue weighted by Gasteiger charge is -2.47. The standard InChI is InChI=1S/C18H23NO2/c20-17(13-6-10-21-18(11-13)7-2-8-18)16-4-1-3-14-12-19-9-5-15(14)16/h1,3-4,13,19H,2,5-12H2. The van der Waals surface area contributed by atoms with E-state index < -0.39 is 0 Å². The van der Waals surface area contributed by atoms with Gasteiger partial charge in [-0.25, -0.2) is 0 Å². The second-order valence-electron chi connectivity index (χ2n) is 6.81. The molecule has 0 amide bonds. The highest BCUT2D eigenvalue weighted by atomic mass is 16.5. The molecular weight excluding hydrogens is 262 g/mol. The van der Waals surface area contributed by atoms with Crippen LogP contribution in [-0.2, 0) is 17.7 Å². The van der Waals surface area contributed by atoms with Crippen LogP contribution in [0.1, 0.15) is 53.6 Å². The van der Waals surface area contributed by atoms with E-state index in [0.717, 1.165) is 57.4 Å². The Kier molecular flexibility index (Phi) is 3.35. The number of hydrogen-bond donors (Lipinski definition) is 1. The van der Waals surface area contributed by atoms with Crippen LogP contribution >= 0.6 is 0 Å². The van der Waals surface area contributed by atoms with Gasteiger partial charge in [-0.2, -0.15) is 0 Å². The Morgan fingerprint density at radius 3 is 3.05 bits per heavy atom. The van der Waals surface area contributed by atoms with E-state index in [-0.39, 0.29) is 11.5 Å². The van der Waals surface area contributed by atoms with Crippen molar-refractivity contribution in [1.29, 1.82) is 0 Å². The third kappa shape index (κ3) is 2.33. The molecule has 2 fully saturated rings. The molecule has 1 aromatic carbocycles. The number of Topliss-reactive ketones (excluding diaryl/α,β-unsaturated/α-hetero) is 1. The molecule has 1 unspecified atom stereocenters. The van der Waals surface area contributed by atoms with Crippen molar-refractivity contribution >= 4 is 5.78 Å². The summed E-state index contributed by atoms with van der Waals surface area (Å²) in [5.74, 6) is 0.531. The van der Waals surface area contributed by atoms with Crippen molar-refractivity contribution in [3.63, 3.8) is 0 Å². The first kappa shape index (κ1) is 13.5. The van der Waals surface area contributed by atoms with Gasteiger partial charge in [-0.15, -0.1) is 0 Å². The summed E-state index contributed by atoms with van der Waals surface area (Å²) in [6.07, 6.45) is 6.36. The zero-order valence-corrected chi connectivity index (χ0v) is 12.5. The number of ketones is 1. The highest BCUT2D eigenvalue weighted by molar-refractivity contribution is 5.99. The number of ether oxygens (including phenoxy) is 1. The van der Waals surface area contributed by atoms with Gasteiger partial charge in [0.25, 0.3) is 0 Å². The van der Waals surface area contributed by atoms with E-state index >= 15 is 0 Å². The Hall–Kier alpha value is -1.19. The molecule has 0 aromatic heterocycles. The SMILES string of the molecule is O=C(c1cccc2c1CCNC2)C1CCOC2(CCC2)C1. The first-order chi connectivity index (χ1) is 10.3. The smallest absolute Gasteiger partial charge is 0.166 e. The van der Waals surface area contributed by atoms with E-state index in [1.165, 1.54) is 17.5 Å². The molecular formula is C18H23NO2. The van der Waals surface area contributed by atoms with Gasteiger partial charge in [0.1, 0.15) is 0 Å². The summed E-state index contributed by atoms with van der Waals surface area (Å²) in [5.41, 5.74) is 3.62. The molecule has 112 valence electrons. The average molecular weight is 285 g/mol. The molecule has 1 saturated heterocycles. The van der Waals surface area contributed by atoms with Gasteiger partial charge >= 0.3 is 0 Å². The van der Waals surface area contributed by atoms with Crippen molar-refractivity contribution in [2.45, 2.75) is 50.7 Å². The number of fused-ring (bicyclic) bond motifs is 1. The molecule has 3 heteroatoms. The van der Waals surface area contributed by atoms with Crippen LogP contribution in [0.5, 0.6) is 0 Å². The molecule has 0 radical (unpaired) electrons. The molecule has 1 spiro atoms. The van der Waals surface area contributed by atoms with E-state index in [4.69, 9.17) is 4.74 Å². The maximum atomic E-state index is 13.0. The van der Waals surface area contributed by atoms with Gasteiger partial charge < -0.3 is 10.1 Å². The molecule has 1 N–H and O–H groups in total. The Labute approximate surface area is 126 Å². The monoisotopic (exact) mass is 285 g/mol. The van der Waals surface area contributed by atoms with Crippen molar-refractivity contribution in [2.24, 2.45) is 5.92 Å². The Balaban J connectivity index is 1.60. The van der Waals surface area contributed by atoms with Gasteiger partial charge in [0, 0.05) is 24.6 Å². The second kappa shape index (κ2) is 5.22. The predicted molar refractivity (Wildman–Crippen MR) is 81.4 cm³/mol. The lowest BCUT2D eigenvalue weighted by molar-refractivity contribution is -0.137. The summed E-state index contributed by atoms with van der Waals surface area (Å²) < 4.78 is 5.97. The summed E-state index contributed by atoms with van der Waals surface area (Å²) in [6, 6.07) is 6.22. The van der Waals surface area contributed by atoms with Crippen LogP contribution in [0.4, 0.5) is 0 Å². The van der Waals surface area contributed by atoms with E-state index in [9.17, 15) is 4.79 Å². The number of nitrogens with one attached hydrogen (secondary N) is 1. The van der Waals surface area contributed by atoms with Crippen LogP contribution in [0.15, 0.2) is 18.2 Å². The van der Waals surface area contributed by atoms with Crippen LogP contribution in [0, 0.1) is 5.92 Å². The zero-order valence-electron chi connectivity index (χ0n) is 12.5. The first-order valence-corrected chi connectivity index (χ1v) is 8.27. The fourth-order valence-corrected chi connectivity index (χ4v) is 4.15. The number of carbonyl (C=O) groups is 1. The minimum absolute atomic E-state index is 0.0506. The van der Waals surface area contributed by atoms with E-state index in [0.29, 0.717) is 5.78 Å². The molecule has 1 saturated carbocycles. The fraction of sp³-hybridized carbons (Fsp3) is 0.611. The van der Waals surface area contributed by atoms with Crippen molar-refractivity contribution in [1.82, 2.24) is 5.32 Å². The van der Waals surface area contributed by atoms with Gasteiger partial charge in [-0.05, 0) is 56.2 Å². The third-order valence-corrected chi connectivity index (χ3v) is 5.53. The first-order valence-electron chi connectivity index (χ1n) is 8.27. The normalized spacial score (nSPS) is 27.0. The maximum Gasteiger partial charge on any atom is 0.166 e. The van der Waals surface area contributed by atoms with Crippen LogP contribution < -0.4 is 5.32 Å². The molecule has 3 nitrogen and oxygen atoms in total. The third-order valence-electron chi connectivity index (χ3n) is 5.53. The molecule has 4 rings (SSSR count). The van der Waals surface area contributed by atoms with Crippen molar-refractivity contribution in [3.05, 3.63) is 34.9 Å². The molecule has 1 atom stereocenters. The van der Waals surface area contributed by atoms with E-state index in [1.807, 2.05) is 12.1 Å². The Morgan fingerprint density at radius 2 is 2.24 bits per heavy atom. The van der Waals surface area contributed by atoms with Crippen LogP contribution in [0.2, 0.25) is 0 Å². The van der Waals surface area contributed by atoms with Gasteiger partial charge in [-0.3, -0.25) is 4.79 Å². The minimum atomic E-state index is 0.0506. The fourth-order valence-electron chi connectivity index (χ4n) is 4.15. The van der Waals surface area contributed by atoms with Crippen LogP contribution in [-0.4, -0.2) is 24.5 Å². The average Bonchev–Trinajstić information content (AvgIpc) is 2.52. The van der Waals surface area contributed by atoms with Crippen LogP contribution in [0.25, 0.3) is 0 Å². The molecule has 2 heterocycles. The van der Waals surface area contributed by atoms with Crippen LogP contribution in [0.3, 0.4) is 0 Å². The van der Waals surface area contributed by atoms with E-state index in [2.05, 4.69) is 11.4 Å². The molecule has 1 aliphatic carbocycles. The largest absolute Gasteiger partial charge is 0.375 e. The molecule has 2 aliphatic heterocycles. The number of hydrogen-bond acceptors (Lipinski definition) is 3. The minimum Gasteiger partial charge on any atom is -0.375 e. The quantitative estimate of drug-likeness (QED) is 0.849. The summed E-state index contributed by atoms with van der Waals surface area (Å²) in [6.45, 7) is 2.64. The number of benzene rings is 1. The van der Waals surface area contributed by atoms with Crippen molar-refractivity contribution in [3.8, 4) is 0 Å². The molecule has 3 aliphatic rings. The van der Waals surface area contributed by atoms with E-state index in [1.54, 1.807) is 0 Å². The lowest BCUT2D eigenvalue weighted by Crippen LogP contribution is -2.47. The topological polar surface area (TPSA) is 38.3 Å². The van der Waals surface area contributed by atoms with Crippen molar-refractivity contribution < 1.29 is 9.53 Å². The zero-order chi connectivity index (χ0) is 14.3. The highest BCUT2D eigenvalue weighted by Crippen LogP contribution is 2.45. The number of carbonyl (C=O) groups excluding carboxylic acids is 1. The van der Waals surface area contributed by atoms with Gasteiger partial charge in [-0.1, -0.05) is 18.2 Å². The maximum absolute atomic E-state index is 13.0. The van der Waals surface area contributed by atoms with Gasteiger partial charge in [0.2, 0.25) is 0 Å². The highest BCUT2D eigenvalue weighted by Gasteiger charge is 2.44. The summed E-state index contributed by atoms with van der Waals surface area (Å²) in [4.78, 5) is 13.0. The number of rotatable bonds is 2. The second-order valence-corrected chi connectivity index (χ2v) is 6.81. The summed E-state index contributed by atoms with van der Waals surface area (Å²) in [7, 11) is 0. The molecule has 1 aromatic rings. The summed E-state index contributed by atoms with van der Waals surface area (Å²) >= 11 is 0. The Bertz CT molecular complexity index is 562.